The summed E-state index contributed by atoms with van der Waals surface area (Å²) in [5, 5.41) is 2.92. The Morgan fingerprint density at radius 2 is 1.90 bits per heavy atom. The van der Waals surface area contributed by atoms with Gasteiger partial charge in [-0.15, -0.1) is 0 Å². The Morgan fingerprint density at radius 1 is 1.25 bits per heavy atom. The van der Waals surface area contributed by atoms with Crippen LogP contribution in [0, 0.1) is 13.8 Å². The summed E-state index contributed by atoms with van der Waals surface area (Å²) < 4.78 is 7.12. The number of benzene rings is 1. The summed E-state index contributed by atoms with van der Waals surface area (Å²) in [6, 6.07) is 9.35. The first-order chi connectivity index (χ1) is 9.56. The minimum absolute atomic E-state index is 0.0809. The minimum Gasteiger partial charge on any atom is -0.497 e. The monoisotopic (exact) mass is 272 g/mol. The van der Waals surface area contributed by atoms with Crippen LogP contribution in [0.1, 0.15) is 28.7 Å². The number of aromatic nitrogens is 1. The molecule has 4 nitrogen and oxygen atoms in total. The van der Waals surface area contributed by atoms with Gasteiger partial charge in [-0.25, -0.2) is 0 Å². The van der Waals surface area contributed by atoms with Crippen LogP contribution in [0.3, 0.4) is 0 Å². The van der Waals surface area contributed by atoms with E-state index in [1.165, 1.54) is 0 Å². The summed E-state index contributed by atoms with van der Waals surface area (Å²) in [6.45, 7) is 6.80. The highest BCUT2D eigenvalue weighted by Crippen LogP contribution is 2.19. The second kappa shape index (κ2) is 5.82. The van der Waals surface area contributed by atoms with Gasteiger partial charge < -0.3 is 14.6 Å². The van der Waals surface area contributed by atoms with Gasteiger partial charge in [0.2, 0.25) is 0 Å². The smallest absolute Gasteiger partial charge is 0.272 e. The van der Waals surface area contributed by atoms with Crippen molar-refractivity contribution in [3.63, 3.8) is 0 Å². The van der Waals surface area contributed by atoms with Crippen molar-refractivity contribution in [1.82, 2.24) is 4.57 Å². The van der Waals surface area contributed by atoms with Crippen molar-refractivity contribution in [2.24, 2.45) is 0 Å². The third kappa shape index (κ3) is 2.69. The molecule has 106 valence electrons. The van der Waals surface area contributed by atoms with E-state index in [-0.39, 0.29) is 5.91 Å². The number of hydrogen-bond donors (Lipinski definition) is 1. The third-order valence-corrected chi connectivity index (χ3v) is 3.37. The van der Waals surface area contributed by atoms with Crippen LogP contribution in [0.15, 0.2) is 30.3 Å². The second-order valence-electron chi connectivity index (χ2n) is 4.74. The van der Waals surface area contributed by atoms with Gasteiger partial charge in [0, 0.05) is 17.9 Å². The quantitative estimate of drug-likeness (QED) is 0.927. The maximum Gasteiger partial charge on any atom is 0.272 e. The van der Waals surface area contributed by atoms with Crippen LogP contribution < -0.4 is 10.1 Å². The maximum atomic E-state index is 12.4. The molecule has 0 aliphatic rings. The van der Waals surface area contributed by atoms with E-state index in [4.69, 9.17) is 4.74 Å². The molecular formula is C16H20N2O2. The summed E-state index contributed by atoms with van der Waals surface area (Å²) >= 11 is 0. The van der Waals surface area contributed by atoms with E-state index >= 15 is 0 Å². The zero-order chi connectivity index (χ0) is 14.7. The first kappa shape index (κ1) is 14.2. The van der Waals surface area contributed by atoms with E-state index in [0.29, 0.717) is 0 Å². The summed E-state index contributed by atoms with van der Waals surface area (Å²) in [5.41, 5.74) is 3.58. The highest BCUT2D eigenvalue weighted by Gasteiger charge is 2.16. The molecular weight excluding hydrogens is 252 g/mol. The fraction of sp³-hybridized carbons (Fsp3) is 0.312. The normalized spacial score (nSPS) is 10.4. The van der Waals surface area contributed by atoms with Gasteiger partial charge >= 0.3 is 0 Å². The highest BCUT2D eigenvalue weighted by atomic mass is 16.5. The SMILES string of the molecule is CCn1c(C)cc(C)c1C(=O)Nc1ccc(OC)cc1. The number of aryl methyl sites for hydroxylation is 2. The number of hydrogen-bond acceptors (Lipinski definition) is 2. The molecule has 2 rings (SSSR count). The Bertz CT molecular complexity index is 612. The summed E-state index contributed by atoms with van der Waals surface area (Å²) in [7, 11) is 1.62. The molecule has 2 aromatic rings. The highest BCUT2D eigenvalue weighted by molar-refractivity contribution is 6.04. The summed E-state index contributed by atoms with van der Waals surface area (Å²) in [4.78, 5) is 12.4. The molecule has 1 heterocycles. The molecule has 1 amide bonds. The van der Waals surface area contributed by atoms with Gasteiger partial charge in [-0.1, -0.05) is 0 Å². The number of ether oxygens (including phenoxy) is 1. The lowest BCUT2D eigenvalue weighted by Gasteiger charge is -2.11. The molecule has 0 unspecified atom stereocenters. The van der Waals surface area contributed by atoms with Crippen molar-refractivity contribution < 1.29 is 9.53 Å². The van der Waals surface area contributed by atoms with Gasteiger partial charge in [0.05, 0.1) is 7.11 Å². The molecule has 0 radical (unpaired) electrons. The topological polar surface area (TPSA) is 43.3 Å². The van der Waals surface area contributed by atoms with Crippen molar-refractivity contribution >= 4 is 11.6 Å². The molecule has 1 N–H and O–H groups in total. The average Bonchev–Trinajstić information content (AvgIpc) is 2.73. The van der Waals surface area contributed by atoms with Crippen molar-refractivity contribution in [3.8, 4) is 5.75 Å². The van der Waals surface area contributed by atoms with Gasteiger partial charge in [0.1, 0.15) is 11.4 Å². The zero-order valence-electron chi connectivity index (χ0n) is 12.4. The van der Waals surface area contributed by atoms with E-state index in [1.54, 1.807) is 7.11 Å². The average molecular weight is 272 g/mol. The number of amides is 1. The number of nitrogens with one attached hydrogen (secondary N) is 1. The zero-order valence-corrected chi connectivity index (χ0v) is 12.4. The molecule has 0 aliphatic heterocycles. The number of carbonyl (C=O) groups excluding carboxylic acids is 1. The lowest BCUT2D eigenvalue weighted by atomic mass is 10.2. The number of methoxy groups -OCH3 is 1. The molecule has 0 bridgehead atoms. The molecule has 1 aromatic carbocycles. The number of anilines is 1. The van der Waals surface area contributed by atoms with Crippen LogP contribution in [-0.2, 0) is 6.54 Å². The van der Waals surface area contributed by atoms with E-state index in [1.807, 2.05) is 55.7 Å². The number of rotatable bonds is 4. The van der Waals surface area contributed by atoms with Crippen LogP contribution in [0.2, 0.25) is 0 Å². The first-order valence-electron chi connectivity index (χ1n) is 6.69. The number of carbonyl (C=O) groups is 1. The van der Waals surface area contributed by atoms with Crippen molar-refractivity contribution in [2.75, 3.05) is 12.4 Å². The molecule has 20 heavy (non-hydrogen) atoms. The van der Waals surface area contributed by atoms with Crippen LogP contribution in [-0.4, -0.2) is 17.6 Å². The lowest BCUT2D eigenvalue weighted by molar-refractivity contribution is 0.101. The molecule has 0 saturated carbocycles. The summed E-state index contributed by atoms with van der Waals surface area (Å²) in [6.07, 6.45) is 0. The van der Waals surface area contributed by atoms with Crippen LogP contribution >= 0.6 is 0 Å². The molecule has 0 saturated heterocycles. The van der Waals surface area contributed by atoms with Crippen molar-refractivity contribution in [1.29, 1.82) is 0 Å². The Morgan fingerprint density at radius 3 is 2.45 bits per heavy atom. The number of nitrogens with zero attached hydrogens (tertiary/aromatic N) is 1. The van der Waals surface area contributed by atoms with Gasteiger partial charge in [-0.05, 0) is 56.7 Å². The van der Waals surface area contributed by atoms with Gasteiger partial charge in [0.25, 0.3) is 5.91 Å². The molecule has 0 atom stereocenters. The molecule has 1 aromatic heterocycles. The second-order valence-corrected chi connectivity index (χ2v) is 4.74. The molecule has 0 fully saturated rings. The van der Waals surface area contributed by atoms with Gasteiger partial charge in [0.15, 0.2) is 0 Å². The maximum absolute atomic E-state index is 12.4. The van der Waals surface area contributed by atoms with Crippen LogP contribution in [0.4, 0.5) is 5.69 Å². The molecule has 4 heteroatoms. The fourth-order valence-electron chi connectivity index (χ4n) is 2.42. The van der Waals surface area contributed by atoms with E-state index in [2.05, 4.69) is 5.32 Å². The lowest BCUT2D eigenvalue weighted by Crippen LogP contribution is -2.18. The third-order valence-electron chi connectivity index (χ3n) is 3.37. The standard InChI is InChI=1S/C16H20N2O2/c1-5-18-12(3)10-11(2)15(18)16(19)17-13-6-8-14(20-4)9-7-13/h6-10H,5H2,1-4H3,(H,17,19). The van der Waals surface area contributed by atoms with Crippen LogP contribution in [0.5, 0.6) is 5.75 Å². The first-order valence-corrected chi connectivity index (χ1v) is 6.69. The van der Waals surface area contributed by atoms with E-state index in [0.717, 1.165) is 34.9 Å². The largest absolute Gasteiger partial charge is 0.497 e. The van der Waals surface area contributed by atoms with Crippen LogP contribution in [0.25, 0.3) is 0 Å². The molecule has 0 spiro atoms. The Kier molecular flexibility index (Phi) is 4.13. The Balaban J connectivity index is 2.23. The van der Waals surface area contributed by atoms with Crippen molar-refractivity contribution in [3.05, 3.63) is 47.3 Å². The van der Waals surface area contributed by atoms with E-state index < -0.39 is 0 Å². The predicted molar refractivity (Wildman–Crippen MR) is 80.5 cm³/mol. The Labute approximate surface area is 119 Å². The Hall–Kier alpha value is -2.23. The predicted octanol–water partition coefficient (Wildman–Crippen LogP) is 3.39. The van der Waals surface area contributed by atoms with Crippen molar-refractivity contribution in [2.45, 2.75) is 27.3 Å². The fourth-order valence-corrected chi connectivity index (χ4v) is 2.42. The minimum atomic E-state index is -0.0809. The van der Waals surface area contributed by atoms with Gasteiger partial charge in [-0.3, -0.25) is 4.79 Å². The van der Waals surface area contributed by atoms with Gasteiger partial charge in [-0.2, -0.15) is 0 Å². The molecule has 0 aliphatic carbocycles. The van der Waals surface area contributed by atoms with E-state index in [9.17, 15) is 4.79 Å². The summed E-state index contributed by atoms with van der Waals surface area (Å²) in [5.74, 6) is 0.689.